The monoisotopic (exact) mass is 346 g/mol. The minimum atomic E-state index is -3.55. The van der Waals surface area contributed by atoms with Gasteiger partial charge >= 0.3 is 0 Å². The normalized spacial score (nSPS) is 13.4. The summed E-state index contributed by atoms with van der Waals surface area (Å²) in [5, 5.41) is 3.84. The van der Waals surface area contributed by atoms with E-state index in [1.54, 1.807) is 6.20 Å². The standard InChI is InChI=1S/C11H11BrN2O2S2/c1-8(9-2-3-17-7-9)14-18(15,16)11-4-10(12)5-13-6-11/h2-8,14H,1H3. The smallest absolute Gasteiger partial charge is 0.242 e. The number of hydrogen-bond acceptors (Lipinski definition) is 4. The van der Waals surface area contributed by atoms with E-state index in [1.807, 2.05) is 23.8 Å². The van der Waals surface area contributed by atoms with Crippen LogP contribution in [0.15, 0.2) is 44.7 Å². The zero-order chi connectivity index (χ0) is 13.2. The maximum Gasteiger partial charge on any atom is 0.242 e. The molecule has 1 atom stereocenters. The molecule has 0 spiro atoms. The summed E-state index contributed by atoms with van der Waals surface area (Å²) in [7, 11) is -3.55. The van der Waals surface area contributed by atoms with Gasteiger partial charge in [0.2, 0.25) is 10.0 Å². The van der Waals surface area contributed by atoms with Crippen molar-refractivity contribution in [2.24, 2.45) is 0 Å². The topological polar surface area (TPSA) is 59.1 Å². The summed E-state index contributed by atoms with van der Waals surface area (Å²) in [6.45, 7) is 1.81. The van der Waals surface area contributed by atoms with Gasteiger partial charge < -0.3 is 0 Å². The van der Waals surface area contributed by atoms with Crippen molar-refractivity contribution in [2.45, 2.75) is 17.9 Å². The lowest BCUT2D eigenvalue weighted by Gasteiger charge is -2.12. The molecule has 2 rings (SSSR count). The number of rotatable bonds is 4. The molecule has 18 heavy (non-hydrogen) atoms. The Morgan fingerprint density at radius 2 is 2.22 bits per heavy atom. The molecule has 2 aromatic heterocycles. The van der Waals surface area contributed by atoms with Crippen molar-refractivity contribution < 1.29 is 8.42 Å². The van der Waals surface area contributed by atoms with E-state index in [-0.39, 0.29) is 10.9 Å². The first-order chi connectivity index (χ1) is 8.49. The van der Waals surface area contributed by atoms with Crippen molar-refractivity contribution >= 4 is 37.3 Å². The largest absolute Gasteiger partial charge is 0.262 e. The highest BCUT2D eigenvalue weighted by Crippen LogP contribution is 2.20. The summed E-state index contributed by atoms with van der Waals surface area (Å²) >= 11 is 4.74. The molecule has 0 saturated heterocycles. The molecule has 0 aliphatic rings. The number of nitrogens with one attached hydrogen (secondary N) is 1. The van der Waals surface area contributed by atoms with Crippen LogP contribution in [-0.2, 0) is 10.0 Å². The highest BCUT2D eigenvalue weighted by molar-refractivity contribution is 9.10. The van der Waals surface area contributed by atoms with Gasteiger partial charge in [-0.3, -0.25) is 4.98 Å². The quantitative estimate of drug-likeness (QED) is 0.925. The molecule has 0 fully saturated rings. The van der Waals surface area contributed by atoms with Crippen LogP contribution in [0.3, 0.4) is 0 Å². The van der Waals surface area contributed by atoms with Crippen LogP contribution < -0.4 is 4.72 Å². The van der Waals surface area contributed by atoms with Gasteiger partial charge in [0.1, 0.15) is 4.90 Å². The van der Waals surface area contributed by atoms with Gasteiger partial charge in [-0.1, -0.05) is 0 Å². The Morgan fingerprint density at radius 1 is 1.44 bits per heavy atom. The Bertz CT molecular complexity index is 626. The average Bonchev–Trinajstić information content (AvgIpc) is 2.82. The first kappa shape index (κ1) is 13.7. The third-order valence-electron chi connectivity index (χ3n) is 2.37. The van der Waals surface area contributed by atoms with Gasteiger partial charge in [0.05, 0.1) is 0 Å². The molecular formula is C11H11BrN2O2S2. The first-order valence-electron chi connectivity index (χ1n) is 5.14. The Hall–Kier alpha value is -0.760. The predicted molar refractivity (Wildman–Crippen MR) is 75.0 cm³/mol. The first-order valence-corrected chi connectivity index (χ1v) is 8.36. The lowest BCUT2D eigenvalue weighted by molar-refractivity contribution is 0.566. The minimum Gasteiger partial charge on any atom is -0.262 e. The summed E-state index contributed by atoms with van der Waals surface area (Å²) in [5.41, 5.74) is 0.950. The van der Waals surface area contributed by atoms with Crippen LogP contribution in [-0.4, -0.2) is 13.4 Å². The van der Waals surface area contributed by atoms with Gasteiger partial charge in [0, 0.05) is 22.9 Å². The number of pyridine rings is 1. The lowest BCUT2D eigenvalue weighted by Crippen LogP contribution is -2.26. The van der Waals surface area contributed by atoms with E-state index in [0.29, 0.717) is 4.47 Å². The molecule has 2 aromatic rings. The van der Waals surface area contributed by atoms with Gasteiger partial charge in [-0.05, 0) is 51.3 Å². The van der Waals surface area contributed by atoms with Crippen molar-refractivity contribution in [3.05, 3.63) is 45.3 Å². The zero-order valence-corrected chi connectivity index (χ0v) is 12.7. The van der Waals surface area contributed by atoms with E-state index in [1.165, 1.54) is 23.6 Å². The van der Waals surface area contributed by atoms with Crippen molar-refractivity contribution in [3.8, 4) is 0 Å². The minimum absolute atomic E-state index is 0.152. The molecule has 0 bridgehead atoms. The molecular weight excluding hydrogens is 336 g/mol. The molecule has 0 radical (unpaired) electrons. The SMILES string of the molecule is CC(NS(=O)(=O)c1cncc(Br)c1)c1ccsc1. The summed E-state index contributed by atoms with van der Waals surface area (Å²) < 4.78 is 27.5. The van der Waals surface area contributed by atoms with Crippen LogP contribution in [0.5, 0.6) is 0 Å². The molecule has 4 nitrogen and oxygen atoms in total. The number of aromatic nitrogens is 1. The number of sulfonamides is 1. The number of hydrogen-bond donors (Lipinski definition) is 1. The van der Waals surface area contributed by atoms with Gasteiger partial charge in [-0.25, -0.2) is 13.1 Å². The molecule has 0 amide bonds. The Labute approximate surface area is 118 Å². The van der Waals surface area contributed by atoms with Crippen LogP contribution >= 0.6 is 27.3 Å². The fourth-order valence-electron chi connectivity index (χ4n) is 1.43. The van der Waals surface area contributed by atoms with Crippen LogP contribution in [0.2, 0.25) is 0 Å². The van der Waals surface area contributed by atoms with Gasteiger partial charge in [0.25, 0.3) is 0 Å². The average molecular weight is 347 g/mol. The highest BCUT2D eigenvalue weighted by atomic mass is 79.9. The van der Waals surface area contributed by atoms with Gasteiger partial charge in [0.15, 0.2) is 0 Å². The predicted octanol–water partition coefficient (Wildman–Crippen LogP) is 2.95. The number of nitrogens with zero attached hydrogens (tertiary/aromatic N) is 1. The van der Waals surface area contributed by atoms with Crippen LogP contribution in [0.1, 0.15) is 18.5 Å². The van der Waals surface area contributed by atoms with Gasteiger partial charge in [-0.15, -0.1) is 0 Å². The zero-order valence-electron chi connectivity index (χ0n) is 9.50. The van der Waals surface area contributed by atoms with Crippen molar-refractivity contribution in [2.75, 3.05) is 0 Å². The maximum atomic E-state index is 12.1. The van der Waals surface area contributed by atoms with Crippen molar-refractivity contribution in [3.63, 3.8) is 0 Å². The second-order valence-corrected chi connectivity index (χ2v) is 7.15. The molecule has 1 N–H and O–H groups in total. The van der Waals surface area contributed by atoms with Crippen molar-refractivity contribution in [1.82, 2.24) is 9.71 Å². The van der Waals surface area contributed by atoms with E-state index in [4.69, 9.17) is 0 Å². The molecule has 0 aliphatic carbocycles. The van der Waals surface area contributed by atoms with Crippen LogP contribution in [0.25, 0.3) is 0 Å². The third-order valence-corrected chi connectivity index (χ3v) is 5.01. The summed E-state index contributed by atoms with van der Waals surface area (Å²) in [6, 6.07) is 3.16. The highest BCUT2D eigenvalue weighted by Gasteiger charge is 2.19. The molecule has 0 aromatic carbocycles. The summed E-state index contributed by atoms with van der Waals surface area (Å²) in [4.78, 5) is 4.01. The number of halogens is 1. The van der Waals surface area contributed by atoms with Crippen LogP contribution in [0.4, 0.5) is 0 Å². The second kappa shape index (κ2) is 5.48. The molecule has 0 aliphatic heterocycles. The molecule has 0 saturated carbocycles. The van der Waals surface area contributed by atoms with E-state index in [2.05, 4.69) is 25.6 Å². The van der Waals surface area contributed by atoms with E-state index in [0.717, 1.165) is 5.56 Å². The van der Waals surface area contributed by atoms with Crippen LogP contribution in [0, 0.1) is 0 Å². The van der Waals surface area contributed by atoms with E-state index >= 15 is 0 Å². The maximum absolute atomic E-state index is 12.1. The Balaban J connectivity index is 2.22. The molecule has 2 heterocycles. The molecule has 96 valence electrons. The molecule has 1 unspecified atom stereocenters. The second-order valence-electron chi connectivity index (χ2n) is 3.74. The Kier molecular flexibility index (Phi) is 4.16. The summed E-state index contributed by atoms with van der Waals surface area (Å²) in [5.74, 6) is 0. The van der Waals surface area contributed by atoms with Gasteiger partial charge in [-0.2, -0.15) is 11.3 Å². The Morgan fingerprint density at radius 3 is 2.83 bits per heavy atom. The third kappa shape index (κ3) is 3.17. The fourth-order valence-corrected chi connectivity index (χ4v) is 3.92. The lowest BCUT2D eigenvalue weighted by atomic mass is 10.2. The number of thiophene rings is 1. The summed E-state index contributed by atoms with van der Waals surface area (Å²) in [6.07, 6.45) is 2.87. The molecule has 7 heteroatoms. The van der Waals surface area contributed by atoms with Crippen molar-refractivity contribution in [1.29, 1.82) is 0 Å². The van der Waals surface area contributed by atoms with E-state index in [9.17, 15) is 8.42 Å². The fraction of sp³-hybridized carbons (Fsp3) is 0.182. The van der Waals surface area contributed by atoms with E-state index < -0.39 is 10.0 Å².